The minimum absolute atomic E-state index is 0.00600. The van der Waals surface area contributed by atoms with E-state index in [2.05, 4.69) is 15.3 Å². The van der Waals surface area contributed by atoms with Crippen LogP contribution in [-0.2, 0) is 16.1 Å². The summed E-state index contributed by atoms with van der Waals surface area (Å²) in [7, 11) is 0. The topological polar surface area (TPSA) is 78.1 Å². The number of benzene rings is 2. The molecule has 0 saturated carbocycles. The molecule has 1 unspecified atom stereocenters. The van der Waals surface area contributed by atoms with E-state index in [0.29, 0.717) is 25.1 Å². The lowest BCUT2D eigenvalue weighted by Crippen LogP contribution is -2.41. The van der Waals surface area contributed by atoms with Gasteiger partial charge in [0.05, 0.1) is 11.2 Å². The number of H-pyrrole nitrogens is 1. The molecule has 29 heavy (non-hydrogen) atoms. The first-order chi connectivity index (χ1) is 14.2. The summed E-state index contributed by atoms with van der Waals surface area (Å²) >= 11 is 0. The Morgan fingerprint density at radius 1 is 1.14 bits per heavy atom. The maximum absolute atomic E-state index is 13.1. The van der Waals surface area contributed by atoms with Gasteiger partial charge in [-0.2, -0.15) is 0 Å². The molecule has 0 bridgehead atoms. The second kappa shape index (κ2) is 7.05. The Morgan fingerprint density at radius 2 is 2.00 bits per heavy atom. The quantitative estimate of drug-likeness (QED) is 0.561. The van der Waals surface area contributed by atoms with Gasteiger partial charge in [-0.15, -0.1) is 0 Å². The van der Waals surface area contributed by atoms with Crippen LogP contribution in [0.25, 0.3) is 21.8 Å². The van der Waals surface area contributed by atoms with Crippen molar-refractivity contribution in [3.63, 3.8) is 0 Å². The number of aromatic amines is 1. The Bertz CT molecular complexity index is 1220. The second-order valence-electron chi connectivity index (χ2n) is 7.31. The van der Waals surface area contributed by atoms with Crippen LogP contribution in [0.4, 0.5) is 5.69 Å². The number of nitrogens with zero attached hydrogens (tertiary/aromatic N) is 2. The van der Waals surface area contributed by atoms with E-state index in [0.717, 1.165) is 27.4 Å². The zero-order valence-corrected chi connectivity index (χ0v) is 15.8. The standard InChI is InChI=1S/C23H20N4O2/c28-21-11-10-20(27(21)14-16-13-25-18-8-2-1-7-17(16)18)23(29)26-19-9-3-5-15-6-4-12-24-22(15)19/h1-9,12-13,20,25H,10-11,14H2,(H,26,29). The van der Waals surface area contributed by atoms with Crippen LogP contribution in [0, 0.1) is 0 Å². The van der Waals surface area contributed by atoms with Gasteiger partial charge in [0.25, 0.3) is 0 Å². The number of fused-ring (bicyclic) bond motifs is 2. The number of hydrogen-bond donors (Lipinski definition) is 2. The lowest BCUT2D eigenvalue weighted by atomic mass is 10.1. The molecule has 3 heterocycles. The van der Waals surface area contributed by atoms with Crippen molar-refractivity contribution in [3.8, 4) is 0 Å². The number of nitrogens with one attached hydrogen (secondary N) is 2. The van der Waals surface area contributed by atoms with Gasteiger partial charge in [0, 0.05) is 41.6 Å². The highest BCUT2D eigenvalue weighted by molar-refractivity contribution is 6.04. The third-order valence-corrected chi connectivity index (χ3v) is 5.54. The Kier molecular flexibility index (Phi) is 4.24. The monoisotopic (exact) mass is 384 g/mol. The van der Waals surface area contributed by atoms with Gasteiger partial charge in [-0.25, -0.2) is 0 Å². The van der Waals surface area contributed by atoms with Crippen molar-refractivity contribution in [1.82, 2.24) is 14.9 Å². The van der Waals surface area contributed by atoms with Gasteiger partial charge in [-0.3, -0.25) is 14.6 Å². The molecule has 2 aromatic heterocycles. The number of carbonyl (C=O) groups is 2. The molecule has 6 nitrogen and oxygen atoms in total. The minimum atomic E-state index is -0.491. The maximum atomic E-state index is 13.1. The SMILES string of the molecule is O=C(Nc1cccc2cccnc12)C1CCC(=O)N1Cc1c[nH]c2ccccc12. The van der Waals surface area contributed by atoms with Gasteiger partial charge < -0.3 is 15.2 Å². The van der Waals surface area contributed by atoms with E-state index in [1.54, 1.807) is 11.1 Å². The Morgan fingerprint density at radius 3 is 2.93 bits per heavy atom. The van der Waals surface area contributed by atoms with Crippen molar-refractivity contribution in [2.75, 3.05) is 5.32 Å². The number of pyridine rings is 1. The lowest BCUT2D eigenvalue weighted by Gasteiger charge is -2.24. The van der Waals surface area contributed by atoms with Crippen LogP contribution >= 0.6 is 0 Å². The van der Waals surface area contributed by atoms with E-state index in [-0.39, 0.29) is 11.8 Å². The first kappa shape index (κ1) is 17.4. The number of rotatable bonds is 4. The van der Waals surface area contributed by atoms with Gasteiger partial charge in [-0.05, 0) is 30.2 Å². The fraction of sp³-hybridized carbons (Fsp3) is 0.174. The van der Waals surface area contributed by atoms with E-state index in [1.165, 1.54) is 0 Å². The smallest absolute Gasteiger partial charge is 0.247 e. The van der Waals surface area contributed by atoms with Gasteiger partial charge in [0.2, 0.25) is 11.8 Å². The van der Waals surface area contributed by atoms with E-state index in [4.69, 9.17) is 0 Å². The number of aromatic nitrogens is 2. The summed E-state index contributed by atoms with van der Waals surface area (Å²) < 4.78 is 0. The molecule has 0 radical (unpaired) electrons. The fourth-order valence-corrected chi connectivity index (χ4v) is 4.07. The molecule has 1 fully saturated rings. The molecular weight excluding hydrogens is 364 g/mol. The summed E-state index contributed by atoms with van der Waals surface area (Å²) in [6, 6.07) is 17.0. The third kappa shape index (κ3) is 3.12. The first-order valence-electron chi connectivity index (χ1n) is 9.70. The van der Waals surface area contributed by atoms with Crippen molar-refractivity contribution in [3.05, 3.63) is 72.6 Å². The van der Waals surface area contributed by atoms with Crippen LogP contribution in [-0.4, -0.2) is 32.7 Å². The molecule has 0 aliphatic carbocycles. The lowest BCUT2D eigenvalue weighted by molar-refractivity contribution is -0.133. The molecule has 1 saturated heterocycles. The Labute approximate surface area is 167 Å². The molecular formula is C23H20N4O2. The highest BCUT2D eigenvalue weighted by Crippen LogP contribution is 2.27. The molecule has 6 heteroatoms. The summed E-state index contributed by atoms with van der Waals surface area (Å²) in [5, 5.41) is 5.03. The van der Waals surface area contributed by atoms with Crippen LogP contribution in [0.1, 0.15) is 18.4 Å². The largest absolute Gasteiger partial charge is 0.361 e. The molecule has 144 valence electrons. The molecule has 1 aliphatic heterocycles. The van der Waals surface area contributed by atoms with Crippen LogP contribution in [0.2, 0.25) is 0 Å². The normalized spacial score (nSPS) is 16.6. The van der Waals surface area contributed by atoms with Crippen molar-refractivity contribution in [2.24, 2.45) is 0 Å². The summed E-state index contributed by atoms with van der Waals surface area (Å²) in [6.07, 6.45) is 4.53. The van der Waals surface area contributed by atoms with E-state index in [1.807, 2.05) is 60.8 Å². The van der Waals surface area contributed by atoms with E-state index >= 15 is 0 Å². The zero-order valence-electron chi connectivity index (χ0n) is 15.8. The summed E-state index contributed by atoms with van der Waals surface area (Å²) in [5.74, 6) is -0.166. The number of para-hydroxylation sites is 2. The van der Waals surface area contributed by atoms with Crippen LogP contribution < -0.4 is 5.32 Å². The van der Waals surface area contributed by atoms with Gasteiger partial charge in [0.1, 0.15) is 6.04 Å². The zero-order chi connectivity index (χ0) is 19.8. The predicted octanol–water partition coefficient (Wildman–Crippen LogP) is 3.85. The van der Waals surface area contributed by atoms with Crippen molar-refractivity contribution < 1.29 is 9.59 Å². The minimum Gasteiger partial charge on any atom is -0.361 e. The van der Waals surface area contributed by atoms with E-state index in [9.17, 15) is 9.59 Å². The average Bonchev–Trinajstić information content (AvgIpc) is 3.33. The van der Waals surface area contributed by atoms with Crippen molar-refractivity contribution in [2.45, 2.75) is 25.4 Å². The maximum Gasteiger partial charge on any atom is 0.247 e. The Hall–Kier alpha value is -3.67. The molecule has 2 N–H and O–H groups in total. The summed E-state index contributed by atoms with van der Waals surface area (Å²) in [6.45, 7) is 0.411. The van der Waals surface area contributed by atoms with Crippen LogP contribution in [0.3, 0.4) is 0 Å². The van der Waals surface area contributed by atoms with E-state index < -0.39 is 6.04 Å². The van der Waals surface area contributed by atoms with Crippen LogP contribution in [0.5, 0.6) is 0 Å². The highest BCUT2D eigenvalue weighted by atomic mass is 16.2. The fourth-order valence-electron chi connectivity index (χ4n) is 4.07. The number of hydrogen-bond acceptors (Lipinski definition) is 3. The first-order valence-corrected chi connectivity index (χ1v) is 9.70. The number of amides is 2. The average molecular weight is 384 g/mol. The number of likely N-dealkylation sites (tertiary alicyclic amines) is 1. The van der Waals surface area contributed by atoms with Gasteiger partial charge >= 0.3 is 0 Å². The molecule has 0 spiro atoms. The summed E-state index contributed by atoms with van der Waals surface area (Å²) in [5.41, 5.74) is 3.45. The number of carbonyl (C=O) groups excluding carboxylic acids is 2. The molecule has 5 rings (SSSR count). The number of anilines is 1. The van der Waals surface area contributed by atoms with Gasteiger partial charge in [0.15, 0.2) is 0 Å². The second-order valence-corrected chi connectivity index (χ2v) is 7.31. The Balaban J connectivity index is 1.40. The van der Waals surface area contributed by atoms with Crippen molar-refractivity contribution in [1.29, 1.82) is 0 Å². The molecule has 4 aromatic rings. The molecule has 2 aromatic carbocycles. The molecule has 1 aliphatic rings. The molecule has 1 atom stereocenters. The molecule has 2 amide bonds. The third-order valence-electron chi connectivity index (χ3n) is 5.54. The predicted molar refractivity (Wildman–Crippen MR) is 112 cm³/mol. The van der Waals surface area contributed by atoms with Crippen LogP contribution in [0.15, 0.2) is 67.0 Å². The van der Waals surface area contributed by atoms with Crippen molar-refractivity contribution >= 4 is 39.3 Å². The highest BCUT2D eigenvalue weighted by Gasteiger charge is 2.36. The summed E-state index contributed by atoms with van der Waals surface area (Å²) in [4.78, 5) is 34.9. The van der Waals surface area contributed by atoms with Gasteiger partial charge in [-0.1, -0.05) is 36.4 Å².